The molecule has 148 valence electrons. The van der Waals surface area contributed by atoms with Crippen molar-refractivity contribution in [2.45, 2.75) is 33.3 Å². The molecular formula is C21H27N5O2. The number of aromatic nitrogens is 2. The molecule has 0 bridgehead atoms. The number of fused-ring (bicyclic) bond motifs is 1. The molecule has 1 aliphatic rings. The third kappa shape index (κ3) is 4.30. The number of aryl methyl sites for hydroxylation is 1. The second kappa shape index (κ2) is 7.58. The maximum absolute atomic E-state index is 12.2. The first-order chi connectivity index (χ1) is 13.2. The van der Waals surface area contributed by atoms with Crippen LogP contribution in [0, 0.1) is 12.8 Å². The Balaban J connectivity index is 1.84. The van der Waals surface area contributed by atoms with Crippen molar-refractivity contribution in [2.75, 3.05) is 20.1 Å². The largest absolute Gasteiger partial charge is 0.444 e. The smallest absolute Gasteiger partial charge is 0.410 e. The number of amides is 1. The molecule has 28 heavy (non-hydrogen) atoms. The molecule has 0 aliphatic carbocycles. The van der Waals surface area contributed by atoms with E-state index in [9.17, 15) is 4.79 Å². The molecule has 3 rings (SSSR count). The SMILES string of the molecule is CN=CC(=C(N)C1CN(C(=O)OC(C)(C)C)C1)c1cnc2ccc(C)nc2c1. The summed E-state index contributed by atoms with van der Waals surface area (Å²) in [5.41, 5.74) is 10.9. The zero-order valence-corrected chi connectivity index (χ0v) is 17.1. The molecule has 0 radical (unpaired) electrons. The summed E-state index contributed by atoms with van der Waals surface area (Å²) in [4.78, 5) is 27.0. The molecule has 2 aromatic heterocycles. The summed E-state index contributed by atoms with van der Waals surface area (Å²) in [7, 11) is 1.71. The molecule has 1 fully saturated rings. The highest BCUT2D eigenvalue weighted by Gasteiger charge is 2.36. The van der Waals surface area contributed by atoms with Crippen LogP contribution in [-0.4, -0.2) is 52.9 Å². The first kappa shape index (κ1) is 19.8. The van der Waals surface area contributed by atoms with Gasteiger partial charge in [0.25, 0.3) is 0 Å². The van der Waals surface area contributed by atoms with Crippen LogP contribution in [0.4, 0.5) is 4.79 Å². The first-order valence-electron chi connectivity index (χ1n) is 9.31. The van der Waals surface area contributed by atoms with Crippen LogP contribution in [0.25, 0.3) is 16.6 Å². The molecule has 2 aromatic rings. The van der Waals surface area contributed by atoms with Crippen LogP contribution in [0.1, 0.15) is 32.0 Å². The van der Waals surface area contributed by atoms with Gasteiger partial charge in [-0.05, 0) is 45.9 Å². The van der Waals surface area contributed by atoms with Gasteiger partial charge in [0.15, 0.2) is 0 Å². The lowest BCUT2D eigenvalue weighted by Gasteiger charge is -2.40. The number of pyridine rings is 2. The van der Waals surface area contributed by atoms with E-state index in [-0.39, 0.29) is 12.0 Å². The topological polar surface area (TPSA) is 93.7 Å². The number of rotatable bonds is 3. The number of allylic oxidation sites excluding steroid dienone is 1. The summed E-state index contributed by atoms with van der Waals surface area (Å²) in [6.45, 7) is 8.57. The number of nitrogens with zero attached hydrogens (tertiary/aromatic N) is 4. The van der Waals surface area contributed by atoms with E-state index in [1.54, 1.807) is 24.4 Å². The Hall–Kier alpha value is -2.96. The van der Waals surface area contributed by atoms with E-state index in [4.69, 9.17) is 10.5 Å². The molecule has 1 amide bonds. The highest BCUT2D eigenvalue weighted by Crippen LogP contribution is 2.28. The number of hydrogen-bond acceptors (Lipinski definition) is 6. The summed E-state index contributed by atoms with van der Waals surface area (Å²) in [6, 6.07) is 5.86. The third-order valence-electron chi connectivity index (χ3n) is 4.53. The van der Waals surface area contributed by atoms with Crippen molar-refractivity contribution >= 4 is 28.9 Å². The predicted molar refractivity (Wildman–Crippen MR) is 111 cm³/mol. The number of aliphatic imine (C=N–C) groups is 1. The monoisotopic (exact) mass is 381 g/mol. The van der Waals surface area contributed by atoms with Crippen molar-refractivity contribution in [3.8, 4) is 0 Å². The van der Waals surface area contributed by atoms with Crippen LogP contribution in [0.5, 0.6) is 0 Å². The maximum Gasteiger partial charge on any atom is 0.410 e. The predicted octanol–water partition coefficient (Wildman–Crippen LogP) is 3.18. The fourth-order valence-electron chi connectivity index (χ4n) is 3.07. The van der Waals surface area contributed by atoms with Crippen molar-refractivity contribution < 1.29 is 9.53 Å². The van der Waals surface area contributed by atoms with Crippen molar-refractivity contribution in [3.05, 3.63) is 41.4 Å². The van der Waals surface area contributed by atoms with Crippen molar-refractivity contribution in [1.82, 2.24) is 14.9 Å². The van der Waals surface area contributed by atoms with Gasteiger partial charge in [0.2, 0.25) is 0 Å². The number of hydrogen-bond donors (Lipinski definition) is 1. The minimum atomic E-state index is -0.508. The molecule has 0 spiro atoms. The van der Waals surface area contributed by atoms with Crippen LogP contribution in [0.3, 0.4) is 0 Å². The Morgan fingerprint density at radius 3 is 2.68 bits per heavy atom. The summed E-state index contributed by atoms with van der Waals surface area (Å²) in [5.74, 6) is 0.0571. The van der Waals surface area contributed by atoms with Crippen molar-refractivity contribution in [3.63, 3.8) is 0 Å². The Labute approximate surface area is 165 Å². The molecule has 0 atom stereocenters. The van der Waals surface area contributed by atoms with E-state index < -0.39 is 5.60 Å². The average molecular weight is 381 g/mol. The number of carbonyl (C=O) groups excluding carboxylic acids is 1. The van der Waals surface area contributed by atoms with Gasteiger partial charge >= 0.3 is 6.09 Å². The molecule has 0 saturated carbocycles. The summed E-state index contributed by atoms with van der Waals surface area (Å²) < 4.78 is 5.41. The van der Waals surface area contributed by atoms with E-state index in [2.05, 4.69) is 15.0 Å². The lowest BCUT2D eigenvalue weighted by molar-refractivity contribution is 0.00364. The van der Waals surface area contributed by atoms with Gasteiger partial charge in [0, 0.05) is 61.0 Å². The van der Waals surface area contributed by atoms with Gasteiger partial charge in [-0.3, -0.25) is 15.0 Å². The van der Waals surface area contributed by atoms with E-state index >= 15 is 0 Å². The second-order valence-electron chi connectivity index (χ2n) is 8.05. The minimum absolute atomic E-state index is 0.0571. The van der Waals surface area contributed by atoms with E-state index in [1.807, 2.05) is 45.9 Å². The molecule has 0 aromatic carbocycles. The Morgan fingerprint density at radius 1 is 1.32 bits per heavy atom. The zero-order valence-electron chi connectivity index (χ0n) is 17.1. The number of likely N-dealkylation sites (tertiary alicyclic amines) is 1. The lowest BCUT2D eigenvalue weighted by atomic mass is 9.91. The summed E-state index contributed by atoms with van der Waals surface area (Å²) >= 11 is 0. The van der Waals surface area contributed by atoms with E-state index in [1.165, 1.54) is 0 Å². The van der Waals surface area contributed by atoms with Crippen LogP contribution >= 0.6 is 0 Å². The van der Waals surface area contributed by atoms with Crippen LogP contribution in [0.15, 0.2) is 35.1 Å². The molecule has 0 unspecified atom stereocenters. The van der Waals surface area contributed by atoms with Crippen LogP contribution in [-0.2, 0) is 4.74 Å². The van der Waals surface area contributed by atoms with Crippen LogP contribution < -0.4 is 5.73 Å². The Bertz CT molecular complexity index is 953. The van der Waals surface area contributed by atoms with E-state index in [0.29, 0.717) is 18.8 Å². The highest BCUT2D eigenvalue weighted by molar-refractivity contribution is 6.11. The first-order valence-corrected chi connectivity index (χ1v) is 9.31. The van der Waals surface area contributed by atoms with Gasteiger partial charge < -0.3 is 15.4 Å². The number of carbonyl (C=O) groups is 1. The molecule has 1 saturated heterocycles. The fourth-order valence-corrected chi connectivity index (χ4v) is 3.07. The molecule has 7 heteroatoms. The van der Waals surface area contributed by atoms with E-state index in [0.717, 1.165) is 27.9 Å². The average Bonchev–Trinajstić information content (AvgIpc) is 2.55. The standard InChI is InChI=1S/C21H27N5O2/c1-13-6-7-17-18(25-13)8-14(9-24-17)16(10-23-5)19(22)15-11-26(12-15)20(27)28-21(2,3)4/h6-10,15H,11-12,22H2,1-5H3. The molecule has 3 heterocycles. The van der Waals surface area contributed by atoms with Gasteiger partial charge in [0.1, 0.15) is 5.60 Å². The van der Waals surface area contributed by atoms with Gasteiger partial charge in [-0.25, -0.2) is 4.79 Å². The zero-order chi connectivity index (χ0) is 20.5. The van der Waals surface area contributed by atoms with Gasteiger partial charge in [-0.1, -0.05) is 0 Å². The summed E-state index contributed by atoms with van der Waals surface area (Å²) in [6.07, 6.45) is 3.21. The normalized spacial score (nSPS) is 16.2. The molecular weight excluding hydrogens is 354 g/mol. The van der Waals surface area contributed by atoms with Crippen molar-refractivity contribution in [2.24, 2.45) is 16.6 Å². The highest BCUT2D eigenvalue weighted by atomic mass is 16.6. The minimum Gasteiger partial charge on any atom is -0.444 e. The van der Waals surface area contributed by atoms with Crippen LogP contribution in [0.2, 0.25) is 0 Å². The van der Waals surface area contributed by atoms with Gasteiger partial charge in [0.05, 0.1) is 11.0 Å². The third-order valence-corrected chi connectivity index (χ3v) is 4.53. The Morgan fingerprint density at radius 2 is 2.04 bits per heavy atom. The fraction of sp³-hybridized carbons (Fsp3) is 0.429. The molecule has 1 aliphatic heterocycles. The summed E-state index contributed by atoms with van der Waals surface area (Å²) in [5, 5.41) is 0. The molecule has 2 N–H and O–H groups in total. The van der Waals surface area contributed by atoms with Crippen molar-refractivity contribution in [1.29, 1.82) is 0 Å². The molecule has 7 nitrogen and oxygen atoms in total. The number of ether oxygens (including phenoxy) is 1. The maximum atomic E-state index is 12.2. The van der Waals surface area contributed by atoms with Gasteiger partial charge in [-0.2, -0.15) is 0 Å². The lowest BCUT2D eigenvalue weighted by Crippen LogP contribution is -2.53. The number of nitrogens with two attached hydrogens (primary N) is 1. The quantitative estimate of drug-likeness (QED) is 0.824. The van der Waals surface area contributed by atoms with Gasteiger partial charge in [-0.15, -0.1) is 0 Å². The second-order valence-corrected chi connectivity index (χ2v) is 8.05. The Kier molecular flexibility index (Phi) is 5.36.